The number of nitrogens with zero attached hydrogens (tertiary/aromatic N) is 1. The lowest BCUT2D eigenvalue weighted by Crippen LogP contribution is -2.43. The second-order valence-corrected chi connectivity index (χ2v) is 9.94. The molecule has 0 aliphatic carbocycles. The van der Waals surface area contributed by atoms with Gasteiger partial charge in [0, 0.05) is 11.4 Å². The van der Waals surface area contributed by atoms with Gasteiger partial charge < -0.3 is 20.1 Å². The Balaban J connectivity index is 0.00000456. The molecule has 198 valence electrons. The molecule has 0 radical (unpaired) electrons. The minimum atomic E-state index is -0.920. The molecule has 1 saturated heterocycles. The maximum absolute atomic E-state index is 13.0. The van der Waals surface area contributed by atoms with E-state index in [1.165, 1.54) is 18.9 Å². The van der Waals surface area contributed by atoms with E-state index in [0.717, 1.165) is 31.5 Å². The number of likely N-dealkylation sites (tertiary alicyclic amines) is 1. The van der Waals surface area contributed by atoms with Crippen LogP contribution in [0.25, 0.3) is 0 Å². The number of amides is 1. The van der Waals surface area contributed by atoms with Gasteiger partial charge in [0.15, 0.2) is 0 Å². The lowest BCUT2D eigenvalue weighted by atomic mass is 9.91. The minimum Gasteiger partial charge on any atom is -0.506 e. The van der Waals surface area contributed by atoms with Crippen molar-refractivity contribution in [2.75, 3.05) is 26.7 Å². The van der Waals surface area contributed by atoms with Crippen LogP contribution < -0.4 is 5.32 Å². The molecule has 36 heavy (non-hydrogen) atoms. The van der Waals surface area contributed by atoms with E-state index in [-0.39, 0.29) is 41.8 Å². The largest absolute Gasteiger partial charge is 0.506 e. The molecule has 3 rings (SSSR count). The number of phenols is 1. The summed E-state index contributed by atoms with van der Waals surface area (Å²) in [6.07, 6.45) is 5.23. The van der Waals surface area contributed by atoms with Crippen molar-refractivity contribution < 1.29 is 19.4 Å². The first-order valence-corrected chi connectivity index (χ1v) is 13.0. The predicted molar refractivity (Wildman–Crippen MR) is 147 cm³/mol. The predicted octanol–water partition coefficient (Wildman–Crippen LogP) is 5.69. The van der Waals surface area contributed by atoms with E-state index in [9.17, 15) is 14.7 Å². The van der Waals surface area contributed by atoms with E-state index in [0.29, 0.717) is 22.9 Å². The number of benzene rings is 2. The Hall–Kier alpha value is -1.99. The molecule has 1 aliphatic heterocycles. The molecule has 1 heterocycles. The van der Waals surface area contributed by atoms with E-state index in [1.54, 1.807) is 6.92 Å². The Morgan fingerprint density at radius 2 is 1.86 bits per heavy atom. The molecule has 0 bridgehead atoms. The number of esters is 1. The third kappa shape index (κ3) is 8.27. The second kappa shape index (κ2) is 14.7. The summed E-state index contributed by atoms with van der Waals surface area (Å²) in [6.45, 7) is 4.13. The molecule has 1 amide bonds. The van der Waals surface area contributed by atoms with Crippen LogP contribution in [-0.4, -0.2) is 54.7 Å². The van der Waals surface area contributed by atoms with Gasteiger partial charge in [-0.05, 0) is 75.9 Å². The quantitative estimate of drug-likeness (QED) is 0.367. The SMILES string of the molecule is CCOC(=O)[C@@H](Cc1ccccc1)NC(=O)c1cc(Cl)c(CCCC2CCN(C)CC2)c(Cl)c1O.Cl. The number of hydrogen-bond acceptors (Lipinski definition) is 5. The maximum Gasteiger partial charge on any atom is 0.328 e. The molecule has 2 N–H and O–H groups in total. The number of nitrogens with one attached hydrogen (secondary N) is 1. The standard InChI is InChI=1S/C27H34Cl2N2O4.ClH/c1-3-35-27(34)23(16-19-8-5-4-6-9-19)30-26(33)21-17-22(28)20(24(29)25(21)32)11-7-10-18-12-14-31(2)15-13-18;/h4-6,8-9,17-18,23,32H,3,7,10-16H2,1-2H3,(H,30,33);1H/t23-;/m1./s1. The van der Waals surface area contributed by atoms with Crippen molar-refractivity contribution in [2.24, 2.45) is 5.92 Å². The van der Waals surface area contributed by atoms with Gasteiger partial charge in [0.25, 0.3) is 5.91 Å². The van der Waals surface area contributed by atoms with Crippen molar-refractivity contribution >= 4 is 47.5 Å². The molecule has 0 aromatic heterocycles. The number of ether oxygens (including phenoxy) is 1. The lowest BCUT2D eigenvalue weighted by Gasteiger charge is -2.28. The highest BCUT2D eigenvalue weighted by Gasteiger charge is 2.26. The van der Waals surface area contributed by atoms with Crippen LogP contribution in [0.3, 0.4) is 0 Å². The molecule has 2 aromatic rings. The smallest absolute Gasteiger partial charge is 0.328 e. The van der Waals surface area contributed by atoms with Gasteiger partial charge in [0.05, 0.1) is 17.2 Å². The van der Waals surface area contributed by atoms with E-state index in [1.807, 2.05) is 30.3 Å². The zero-order valence-electron chi connectivity index (χ0n) is 20.8. The summed E-state index contributed by atoms with van der Waals surface area (Å²) in [5, 5.41) is 13.8. The summed E-state index contributed by atoms with van der Waals surface area (Å²) in [4.78, 5) is 27.9. The average Bonchev–Trinajstić information content (AvgIpc) is 2.85. The Morgan fingerprint density at radius 3 is 2.50 bits per heavy atom. The molecule has 0 saturated carbocycles. The first-order chi connectivity index (χ1) is 16.8. The van der Waals surface area contributed by atoms with Crippen LogP contribution in [0.4, 0.5) is 0 Å². The fourth-order valence-electron chi connectivity index (χ4n) is 4.49. The highest BCUT2D eigenvalue weighted by atomic mass is 35.5. The Kier molecular flexibility index (Phi) is 12.3. The van der Waals surface area contributed by atoms with E-state index < -0.39 is 17.9 Å². The van der Waals surface area contributed by atoms with Crippen molar-refractivity contribution in [3.8, 4) is 5.75 Å². The van der Waals surface area contributed by atoms with Gasteiger partial charge >= 0.3 is 5.97 Å². The Bertz CT molecular complexity index is 1010. The van der Waals surface area contributed by atoms with Crippen LogP contribution in [0.15, 0.2) is 36.4 Å². The van der Waals surface area contributed by atoms with Crippen molar-refractivity contribution in [1.82, 2.24) is 10.2 Å². The number of rotatable bonds is 10. The number of carbonyl (C=O) groups is 2. The molecule has 1 atom stereocenters. The molecule has 6 nitrogen and oxygen atoms in total. The van der Waals surface area contributed by atoms with Gasteiger partial charge in [-0.2, -0.15) is 0 Å². The zero-order chi connectivity index (χ0) is 25.4. The van der Waals surface area contributed by atoms with Crippen LogP contribution in [-0.2, 0) is 22.4 Å². The zero-order valence-corrected chi connectivity index (χ0v) is 23.1. The summed E-state index contributed by atoms with van der Waals surface area (Å²) >= 11 is 13.0. The Labute approximate surface area is 229 Å². The van der Waals surface area contributed by atoms with Crippen LogP contribution in [0.5, 0.6) is 5.75 Å². The van der Waals surface area contributed by atoms with E-state index in [4.69, 9.17) is 27.9 Å². The van der Waals surface area contributed by atoms with Crippen LogP contribution in [0.1, 0.15) is 54.1 Å². The lowest BCUT2D eigenvalue weighted by molar-refractivity contribution is -0.145. The summed E-state index contributed by atoms with van der Waals surface area (Å²) in [5.74, 6) is -0.831. The summed E-state index contributed by atoms with van der Waals surface area (Å²) < 4.78 is 5.14. The van der Waals surface area contributed by atoms with Crippen molar-refractivity contribution in [3.05, 3.63) is 63.1 Å². The van der Waals surface area contributed by atoms with Gasteiger partial charge in [-0.15, -0.1) is 12.4 Å². The summed E-state index contributed by atoms with van der Waals surface area (Å²) in [6, 6.07) is 9.82. The molecule has 2 aromatic carbocycles. The third-order valence-electron chi connectivity index (χ3n) is 6.57. The molecule has 0 spiro atoms. The fraction of sp³-hybridized carbons (Fsp3) is 0.481. The van der Waals surface area contributed by atoms with Crippen LogP contribution >= 0.6 is 35.6 Å². The second-order valence-electron chi connectivity index (χ2n) is 9.15. The summed E-state index contributed by atoms with van der Waals surface area (Å²) in [7, 11) is 2.15. The van der Waals surface area contributed by atoms with Gasteiger partial charge in [-0.25, -0.2) is 4.79 Å². The monoisotopic (exact) mass is 556 g/mol. The first kappa shape index (κ1) is 30.2. The van der Waals surface area contributed by atoms with Gasteiger partial charge in [0.1, 0.15) is 11.8 Å². The topological polar surface area (TPSA) is 78.9 Å². The number of carbonyl (C=O) groups excluding carboxylic acids is 2. The van der Waals surface area contributed by atoms with Crippen molar-refractivity contribution in [2.45, 2.75) is 51.5 Å². The number of phenolic OH excluding ortho intramolecular Hbond substituents is 1. The molecule has 1 fully saturated rings. The molecular weight excluding hydrogens is 523 g/mol. The van der Waals surface area contributed by atoms with Crippen molar-refractivity contribution in [3.63, 3.8) is 0 Å². The van der Waals surface area contributed by atoms with Gasteiger partial charge in [0.2, 0.25) is 0 Å². The fourth-order valence-corrected chi connectivity index (χ4v) is 5.14. The van der Waals surface area contributed by atoms with Crippen LogP contribution in [0, 0.1) is 5.92 Å². The van der Waals surface area contributed by atoms with E-state index >= 15 is 0 Å². The third-order valence-corrected chi connectivity index (χ3v) is 7.31. The van der Waals surface area contributed by atoms with Crippen molar-refractivity contribution in [1.29, 1.82) is 0 Å². The number of hydrogen-bond donors (Lipinski definition) is 2. The molecule has 9 heteroatoms. The van der Waals surface area contributed by atoms with E-state index in [2.05, 4.69) is 17.3 Å². The molecule has 0 unspecified atom stereocenters. The maximum atomic E-state index is 13.0. The number of piperidine rings is 1. The molecular formula is C27H35Cl3N2O4. The Morgan fingerprint density at radius 1 is 1.19 bits per heavy atom. The highest BCUT2D eigenvalue weighted by molar-refractivity contribution is 6.37. The highest BCUT2D eigenvalue weighted by Crippen LogP contribution is 2.37. The minimum absolute atomic E-state index is 0. The summed E-state index contributed by atoms with van der Waals surface area (Å²) in [5.41, 5.74) is 1.44. The average molecular weight is 558 g/mol. The number of halogens is 3. The normalized spacial score (nSPS) is 15.1. The number of aromatic hydroxyl groups is 1. The first-order valence-electron chi connectivity index (χ1n) is 12.2. The van der Waals surface area contributed by atoms with Gasteiger partial charge in [-0.3, -0.25) is 4.79 Å². The van der Waals surface area contributed by atoms with Crippen LogP contribution in [0.2, 0.25) is 10.0 Å². The molecule has 1 aliphatic rings. The van der Waals surface area contributed by atoms with Gasteiger partial charge in [-0.1, -0.05) is 60.0 Å².